The first-order valence-corrected chi connectivity index (χ1v) is 5.23. The quantitative estimate of drug-likeness (QED) is 0.661. The number of carboxylic acid groups (broad SMARTS) is 1. The molecule has 1 aromatic carbocycles. The Kier molecular flexibility index (Phi) is 3.49. The Morgan fingerprint density at radius 3 is 2.29 bits per heavy atom. The zero-order valence-electron chi connectivity index (χ0n) is 7.64. The summed E-state index contributed by atoms with van der Waals surface area (Å²) in [5, 5.41) is 18.6. The van der Waals surface area contributed by atoms with Crippen molar-refractivity contribution >= 4 is 28.6 Å². The van der Waals surface area contributed by atoms with Crippen LogP contribution < -0.4 is 0 Å². The molecule has 0 heterocycles. The smallest absolute Gasteiger partial charge is 0.326 e. The third-order valence-electron chi connectivity index (χ3n) is 2.08. The van der Waals surface area contributed by atoms with Crippen molar-refractivity contribution in [2.45, 2.75) is 16.4 Å². The predicted molar refractivity (Wildman–Crippen MR) is 61.5 cm³/mol. The topological polar surface area (TPSA) is 57.5 Å². The molecule has 0 aliphatic carbocycles. The highest BCUT2D eigenvalue weighted by molar-refractivity contribution is 14.1. The van der Waals surface area contributed by atoms with E-state index in [0.29, 0.717) is 5.56 Å². The van der Waals surface area contributed by atoms with Gasteiger partial charge in [0.1, 0.15) is 0 Å². The van der Waals surface area contributed by atoms with E-state index in [-0.39, 0.29) is 0 Å². The van der Waals surface area contributed by atoms with Crippen LogP contribution in [0.2, 0.25) is 0 Å². The van der Waals surface area contributed by atoms with Gasteiger partial charge in [0.15, 0.2) is 3.42 Å². The fourth-order valence-corrected chi connectivity index (χ4v) is 1.58. The minimum Gasteiger partial charge on any atom is -0.480 e. The minimum absolute atomic E-state index is 0.600. The first kappa shape index (κ1) is 11.5. The van der Waals surface area contributed by atoms with Crippen LogP contribution in [0, 0.1) is 0 Å². The van der Waals surface area contributed by atoms with Gasteiger partial charge in [-0.15, -0.1) is 0 Å². The molecule has 0 spiro atoms. The fraction of sp³-hybridized carbons (Fsp3) is 0.300. The second-order valence-corrected chi connectivity index (χ2v) is 4.76. The number of alkyl halides is 1. The van der Waals surface area contributed by atoms with Crippen LogP contribution in [0.3, 0.4) is 0 Å². The van der Waals surface area contributed by atoms with E-state index in [1.165, 1.54) is 6.92 Å². The summed E-state index contributed by atoms with van der Waals surface area (Å²) in [6, 6.07) is 8.73. The Hall–Kier alpha value is -0.620. The van der Waals surface area contributed by atoms with Gasteiger partial charge in [-0.2, -0.15) is 0 Å². The van der Waals surface area contributed by atoms with E-state index in [2.05, 4.69) is 0 Å². The number of halogens is 1. The molecule has 2 unspecified atom stereocenters. The summed E-state index contributed by atoms with van der Waals surface area (Å²) in [7, 11) is 0. The van der Waals surface area contributed by atoms with Crippen LogP contribution in [-0.4, -0.2) is 22.3 Å². The SMILES string of the molecule is CC(O)C(I)(C(=O)O)c1ccccc1. The summed E-state index contributed by atoms with van der Waals surface area (Å²) in [6.07, 6.45) is -0.942. The number of carboxylic acids is 1. The number of aliphatic carboxylic acids is 1. The normalized spacial score (nSPS) is 17.1. The monoisotopic (exact) mass is 306 g/mol. The van der Waals surface area contributed by atoms with Crippen molar-refractivity contribution in [3.05, 3.63) is 35.9 Å². The van der Waals surface area contributed by atoms with Crippen molar-refractivity contribution in [3.63, 3.8) is 0 Å². The van der Waals surface area contributed by atoms with Gasteiger partial charge in [0.25, 0.3) is 0 Å². The van der Waals surface area contributed by atoms with E-state index in [0.717, 1.165) is 0 Å². The first-order valence-electron chi connectivity index (χ1n) is 4.15. The van der Waals surface area contributed by atoms with Gasteiger partial charge in [0.2, 0.25) is 0 Å². The summed E-state index contributed by atoms with van der Waals surface area (Å²) in [6.45, 7) is 1.48. The number of hydrogen-bond donors (Lipinski definition) is 2. The molecule has 76 valence electrons. The summed E-state index contributed by atoms with van der Waals surface area (Å²) in [5.74, 6) is -1.03. The first-order chi connectivity index (χ1) is 6.49. The lowest BCUT2D eigenvalue weighted by Gasteiger charge is -2.26. The standard InChI is InChI=1S/C10H11IO3/c1-7(12)10(11,9(13)14)8-5-3-2-4-6-8/h2-7,12H,1H3,(H,13,14). The fourth-order valence-electron chi connectivity index (χ4n) is 1.22. The molecule has 1 aromatic rings. The second kappa shape index (κ2) is 4.27. The van der Waals surface area contributed by atoms with Gasteiger partial charge in [-0.05, 0) is 12.5 Å². The van der Waals surface area contributed by atoms with Crippen molar-refractivity contribution < 1.29 is 15.0 Å². The van der Waals surface area contributed by atoms with E-state index in [9.17, 15) is 9.90 Å². The zero-order valence-corrected chi connectivity index (χ0v) is 9.80. The molecule has 0 radical (unpaired) electrons. The molecule has 1 rings (SSSR count). The molecule has 0 aliphatic rings. The van der Waals surface area contributed by atoms with Gasteiger partial charge in [0.05, 0.1) is 6.10 Å². The van der Waals surface area contributed by atoms with Crippen LogP contribution in [0.4, 0.5) is 0 Å². The number of carbonyl (C=O) groups is 1. The average Bonchev–Trinajstić information content (AvgIpc) is 2.17. The Labute approximate surface area is 95.9 Å². The molecule has 2 N–H and O–H groups in total. The molecular weight excluding hydrogens is 295 g/mol. The van der Waals surface area contributed by atoms with Crippen LogP contribution in [0.25, 0.3) is 0 Å². The van der Waals surface area contributed by atoms with Gasteiger partial charge in [-0.3, -0.25) is 4.79 Å². The molecular formula is C10H11IO3. The molecule has 14 heavy (non-hydrogen) atoms. The predicted octanol–water partition coefficient (Wildman–Crippen LogP) is 1.78. The van der Waals surface area contributed by atoms with E-state index in [1.54, 1.807) is 46.9 Å². The number of rotatable bonds is 3. The van der Waals surface area contributed by atoms with Gasteiger partial charge >= 0.3 is 5.97 Å². The second-order valence-electron chi connectivity index (χ2n) is 3.06. The maximum atomic E-state index is 11.1. The molecule has 0 aliphatic heterocycles. The Bertz CT molecular complexity index is 323. The average molecular weight is 306 g/mol. The summed E-state index contributed by atoms with van der Waals surface area (Å²) in [5.41, 5.74) is 0.600. The van der Waals surface area contributed by atoms with Gasteiger partial charge in [-0.25, -0.2) is 0 Å². The lowest BCUT2D eigenvalue weighted by molar-refractivity contribution is -0.142. The highest BCUT2D eigenvalue weighted by Crippen LogP contribution is 2.35. The van der Waals surface area contributed by atoms with Crippen molar-refractivity contribution in [3.8, 4) is 0 Å². The maximum Gasteiger partial charge on any atom is 0.326 e. The Morgan fingerprint density at radius 2 is 1.93 bits per heavy atom. The number of benzene rings is 1. The van der Waals surface area contributed by atoms with Crippen LogP contribution >= 0.6 is 22.6 Å². The summed E-state index contributed by atoms with van der Waals surface area (Å²) >= 11 is 1.77. The highest BCUT2D eigenvalue weighted by atomic mass is 127. The molecule has 0 saturated heterocycles. The van der Waals surface area contributed by atoms with Gasteiger partial charge in [0, 0.05) is 0 Å². The molecule has 0 aromatic heterocycles. The van der Waals surface area contributed by atoms with Crippen molar-refractivity contribution in [1.29, 1.82) is 0 Å². The Morgan fingerprint density at radius 1 is 1.43 bits per heavy atom. The van der Waals surface area contributed by atoms with Gasteiger partial charge in [-0.1, -0.05) is 52.9 Å². The zero-order chi connectivity index (χ0) is 10.8. The van der Waals surface area contributed by atoms with Crippen LogP contribution in [-0.2, 0) is 8.22 Å². The summed E-state index contributed by atoms with van der Waals surface area (Å²) < 4.78 is -1.26. The van der Waals surface area contributed by atoms with E-state index in [4.69, 9.17) is 5.11 Å². The van der Waals surface area contributed by atoms with Crippen LogP contribution in [0.5, 0.6) is 0 Å². The third-order valence-corrected chi connectivity index (χ3v) is 4.07. The van der Waals surface area contributed by atoms with E-state index < -0.39 is 15.5 Å². The number of aliphatic hydroxyl groups is 1. The third kappa shape index (κ3) is 1.90. The van der Waals surface area contributed by atoms with Gasteiger partial charge < -0.3 is 10.2 Å². The van der Waals surface area contributed by atoms with E-state index in [1.807, 2.05) is 6.07 Å². The van der Waals surface area contributed by atoms with Crippen LogP contribution in [0.15, 0.2) is 30.3 Å². The van der Waals surface area contributed by atoms with Crippen molar-refractivity contribution in [2.75, 3.05) is 0 Å². The van der Waals surface area contributed by atoms with Crippen molar-refractivity contribution in [2.24, 2.45) is 0 Å². The Balaban J connectivity index is 3.20. The number of aliphatic hydroxyl groups excluding tert-OH is 1. The molecule has 3 nitrogen and oxygen atoms in total. The minimum atomic E-state index is -1.26. The molecule has 0 amide bonds. The molecule has 0 fully saturated rings. The summed E-state index contributed by atoms with van der Waals surface area (Å²) in [4.78, 5) is 11.1. The highest BCUT2D eigenvalue weighted by Gasteiger charge is 2.42. The van der Waals surface area contributed by atoms with Crippen LogP contribution in [0.1, 0.15) is 12.5 Å². The lowest BCUT2D eigenvalue weighted by atomic mass is 9.94. The molecule has 0 saturated carbocycles. The molecule has 2 atom stereocenters. The lowest BCUT2D eigenvalue weighted by Crippen LogP contribution is -2.39. The van der Waals surface area contributed by atoms with Crippen molar-refractivity contribution in [1.82, 2.24) is 0 Å². The number of hydrogen-bond acceptors (Lipinski definition) is 2. The van der Waals surface area contributed by atoms with E-state index >= 15 is 0 Å². The largest absolute Gasteiger partial charge is 0.480 e. The molecule has 4 heteroatoms. The maximum absolute atomic E-state index is 11.1. The molecule has 0 bridgehead atoms.